The number of carboxylic acid groups (broad SMARTS) is 1. The number of hydrogen-bond donors (Lipinski definition) is 4. The number of nitrogens with two attached hydrogens (primary N) is 1. The first-order chi connectivity index (χ1) is 5.72. The number of rotatable bonds is 4. The molecule has 0 aromatic rings. The van der Waals surface area contributed by atoms with Gasteiger partial charge in [0.05, 0.1) is 6.16 Å². The topological polar surface area (TPSA) is 152 Å². The smallest absolute Gasteiger partial charge is 0.329 e. The van der Waals surface area contributed by atoms with Crippen LogP contribution in [0.15, 0.2) is 11.6 Å². The lowest BCUT2D eigenvalue weighted by atomic mass is 10.2. The van der Waals surface area contributed by atoms with Gasteiger partial charge in [0.1, 0.15) is 6.04 Å². The third-order valence-electron chi connectivity index (χ3n) is 1.20. The van der Waals surface area contributed by atoms with E-state index in [1.54, 1.807) is 0 Å². The lowest BCUT2D eigenvalue weighted by Crippen LogP contribution is -2.28. The molecular weight excluding hydrogens is 213 g/mol. The Bertz CT molecular complexity index is 269. The second-order valence-corrected chi connectivity index (χ2v) is 4.35. The molecule has 0 aliphatic carbocycles. The molecule has 0 bridgehead atoms. The molecule has 0 amide bonds. The van der Waals surface area contributed by atoms with Crippen molar-refractivity contribution in [1.29, 1.82) is 0 Å². The Labute approximate surface area is 80.7 Å². The number of hydrogen-bond acceptors (Lipinski definition) is 3. The van der Waals surface area contributed by atoms with Crippen molar-refractivity contribution in [3.63, 3.8) is 0 Å². The molecule has 0 spiro atoms. The van der Waals surface area contributed by atoms with Gasteiger partial charge in [0.2, 0.25) is 0 Å². The van der Waals surface area contributed by atoms with Crippen molar-refractivity contribution >= 4 is 13.6 Å². The van der Waals surface area contributed by atoms with E-state index in [1.807, 2.05) is 0 Å². The summed E-state index contributed by atoms with van der Waals surface area (Å²) >= 11 is 0. The fourth-order valence-electron chi connectivity index (χ4n) is 0.755. The molecule has 8 heteroatoms. The van der Waals surface area contributed by atoms with Gasteiger partial charge in [-0.2, -0.15) is 0 Å². The van der Waals surface area contributed by atoms with Gasteiger partial charge < -0.3 is 26.1 Å². The summed E-state index contributed by atoms with van der Waals surface area (Å²) in [5.74, 6) is -1.23. The van der Waals surface area contributed by atoms with E-state index in [9.17, 15) is 9.36 Å². The van der Waals surface area contributed by atoms with Gasteiger partial charge in [0.15, 0.2) is 0 Å². The predicted molar refractivity (Wildman–Crippen MR) is 49.9 cm³/mol. The zero-order chi connectivity index (χ0) is 10.6. The van der Waals surface area contributed by atoms with Crippen LogP contribution in [-0.2, 0) is 9.36 Å². The summed E-state index contributed by atoms with van der Waals surface area (Å²) in [5.41, 5.74) is 5.37. The van der Waals surface area contributed by atoms with Crippen LogP contribution in [-0.4, -0.2) is 38.5 Å². The fourth-order valence-corrected chi connectivity index (χ4v) is 1.51. The molecule has 0 aromatic carbocycles. The molecule has 0 aliphatic rings. The summed E-state index contributed by atoms with van der Waals surface area (Å²) in [6.07, 6.45) is 0.648. The molecule has 1 unspecified atom stereocenters. The van der Waals surface area contributed by atoms with Gasteiger partial charge in [-0.05, 0) is 6.92 Å². The minimum Gasteiger partial charge on any atom is -0.480 e. The first-order valence-electron chi connectivity index (χ1n) is 3.42. The Balaban J connectivity index is 0. The van der Waals surface area contributed by atoms with Crippen molar-refractivity contribution < 1.29 is 29.7 Å². The molecule has 84 valence electrons. The standard InChI is InChI=1S/C6H12NO5P.H2O/c1-4(3-13(10,11)12)2-5(7)6(8)9;/h2,5H,3,7H2,1H3,(H,8,9)(H2,10,11,12);1H2/b4-2+;. The van der Waals surface area contributed by atoms with Crippen LogP contribution in [0.4, 0.5) is 0 Å². The fraction of sp³-hybridized carbons (Fsp3) is 0.500. The van der Waals surface area contributed by atoms with Gasteiger partial charge in [-0.3, -0.25) is 9.36 Å². The zero-order valence-electron chi connectivity index (χ0n) is 7.54. The third kappa shape index (κ3) is 7.90. The second kappa shape index (κ2) is 5.90. The quantitative estimate of drug-likeness (QED) is 0.345. The molecule has 0 aromatic heterocycles. The summed E-state index contributed by atoms with van der Waals surface area (Å²) in [4.78, 5) is 27.3. The minimum atomic E-state index is -4.13. The molecule has 0 saturated carbocycles. The van der Waals surface area contributed by atoms with Crippen LogP contribution in [0.3, 0.4) is 0 Å². The summed E-state index contributed by atoms with van der Waals surface area (Å²) < 4.78 is 10.5. The average molecular weight is 227 g/mol. The number of allylic oxidation sites excluding steroid dienone is 1. The van der Waals surface area contributed by atoms with Crippen molar-refractivity contribution in [2.75, 3.05) is 6.16 Å². The maximum absolute atomic E-state index is 10.5. The molecule has 0 rings (SSSR count). The van der Waals surface area contributed by atoms with Gasteiger partial charge in [-0.1, -0.05) is 11.6 Å². The maximum Gasteiger partial charge on any atom is 0.329 e. The zero-order valence-corrected chi connectivity index (χ0v) is 8.44. The van der Waals surface area contributed by atoms with E-state index in [0.29, 0.717) is 0 Å². The molecule has 0 saturated heterocycles. The lowest BCUT2D eigenvalue weighted by molar-refractivity contribution is -0.137. The van der Waals surface area contributed by atoms with Crippen LogP contribution in [0.25, 0.3) is 0 Å². The molecule has 7 nitrogen and oxygen atoms in total. The van der Waals surface area contributed by atoms with Crippen LogP contribution in [0.1, 0.15) is 6.92 Å². The normalized spacial score (nSPS) is 14.4. The number of carbonyl (C=O) groups is 1. The molecule has 0 heterocycles. The van der Waals surface area contributed by atoms with Gasteiger partial charge in [-0.25, -0.2) is 0 Å². The van der Waals surface area contributed by atoms with Gasteiger partial charge in [0, 0.05) is 0 Å². The van der Waals surface area contributed by atoms with E-state index < -0.39 is 25.8 Å². The monoisotopic (exact) mass is 227 g/mol. The molecule has 1 atom stereocenters. The van der Waals surface area contributed by atoms with E-state index in [4.69, 9.17) is 20.6 Å². The van der Waals surface area contributed by atoms with Crippen LogP contribution < -0.4 is 5.73 Å². The summed E-state index contributed by atoms with van der Waals surface area (Å²) in [6, 6.07) is -1.22. The highest BCUT2D eigenvalue weighted by molar-refractivity contribution is 7.52. The Morgan fingerprint density at radius 1 is 1.57 bits per heavy atom. The molecule has 0 radical (unpaired) electrons. The van der Waals surface area contributed by atoms with E-state index in [0.717, 1.165) is 6.08 Å². The van der Waals surface area contributed by atoms with Gasteiger partial charge in [0.25, 0.3) is 0 Å². The Morgan fingerprint density at radius 2 is 2.00 bits per heavy atom. The minimum absolute atomic E-state index is 0. The SMILES string of the molecule is C/C(=C\C(N)C(=O)O)CP(=O)(O)O.O. The van der Waals surface area contributed by atoms with E-state index in [-0.39, 0.29) is 11.0 Å². The van der Waals surface area contributed by atoms with E-state index in [1.165, 1.54) is 6.92 Å². The number of aliphatic carboxylic acids is 1. The predicted octanol–water partition coefficient (Wildman–Crippen LogP) is -1.30. The van der Waals surface area contributed by atoms with Gasteiger partial charge >= 0.3 is 13.6 Å². The molecule has 0 aliphatic heterocycles. The Hall–Kier alpha value is -0.720. The van der Waals surface area contributed by atoms with Crippen LogP contribution >= 0.6 is 7.60 Å². The Morgan fingerprint density at radius 3 is 2.29 bits per heavy atom. The molecule has 0 fully saturated rings. The first-order valence-corrected chi connectivity index (χ1v) is 5.22. The van der Waals surface area contributed by atoms with Crippen LogP contribution in [0.2, 0.25) is 0 Å². The average Bonchev–Trinajstić information content (AvgIpc) is 1.81. The van der Waals surface area contributed by atoms with Crippen molar-refractivity contribution in [3.8, 4) is 0 Å². The lowest BCUT2D eigenvalue weighted by Gasteiger charge is -2.05. The van der Waals surface area contributed by atoms with Crippen LogP contribution in [0, 0.1) is 0 Å². The first kappa shape index (κ1) is 15.7. The third-order valence-corrected chi connectivity index (χ3v) is 2.12. The molecular formula is C6H14NO6P. The highest BCUT2D eigenvalue weighted by Crippen LogP contribution is 2.36. The maximum atomic E-state index is 10.5. The van der Waals surface area contributed by atoms with Gasteiger partial charge in [-0.15, -0.1) is 0 Å². The summed E-state index contributed by atoms with van der Waals surface area (Å²) in [6.45, 7) is 1.42. The Kier molecular flexibility index (Phi) is 6.63. The molecule has 14 heavy (non-hydrogen) atoms. The highest BCUT2D eigenvalue weighted by atomic mass is 31.2. The van der Waals surface area contributed by atoms with E-state index >= 15 is 0 Å². The summed E-state index contributed by atoms with van der Waals surface area (Å²) in [7, 11) is -4.13. The van der Waals surface area contributed by atoms with E-state index in [2.05, 4.69) is 0 Å². The number of carboxylic acids is 1. The highest BCUT2D eigenvalue weighted by Gasteiger charge is 2.15. The van der Waals surface area contributed by atoms with Crippen LogP contribution in [0.5, 0.6) is 0 Å². The largest absolute Gasteiger partial charge is 0.480 e. The second-order valence-electron chi connectivity index (χ2n) is 2.70. The van der Waals surface area contributed by atoms with Crippen molar-refractivity contribution in [2.45, 2.75) is 13.0 Å². The van der Waals surface area contributed by atoms with Crippen molar-refractivity contribution in [3.05, 3.63) is 11.6 Å². The summed E-state index contributed by atoms with van der Waals surface area (Å²) in [5, 5.41) is 8.37. The molecule has 7 N–H and O–H groups in total. The van der Waals surface area contributed by atoms with Crippen molar-refractivity contribution in [1.82, 2.24) is 0 Å². The van der Waals surface area contributed by atoms with Crippen molar-refractivity contribution in [2.24, 2.45) is 5.73 Å².